The topological polar surface area (TPSA) is 44.8 Å². The Morgan fingerprint density at radius 2 is 2.33 bits per heavy atom. The molecule has 0 saturated carbocycles. The Labute approximate surface area is 129 Å². The van der Waals surface area contributed by atoms with Gasteiger partial charge in [0.1, 0.15) is 6.10 Å². The van der Waals surface area contributed by atoms with Crippen molar-refractivity contribution in [1.82, 2.24) is 15.1 Å². The largest absolute Gasteiger partial charge is 0.366 e. The third kappa shape index (κ3) is 4.03. The number of hydrogen-bond donors (Lipinski definition) is 1. The maximum atomic E-state index is 12.5. The first-order valence-corrected chi connectivity index (χ1v) is 8.57. The molecular formula is C15H23N3O2S. The SMILES string of the molecule is O=C(C1CNCCO1)N1CCCN(Cc2cccs2)CC1. The third-order valence-corrected chi connectivity index (χ3v) is 4.92. The molecule has 1 amide bonds. The first-order valence-electron chi connectivity index (χ1n) is 7.69. The number of amides is 1. The minimum absolute atomic E-state index is 0.153. The van der Waals surface area contributed by atoms with E-state index in [1.165, 1.54) is 4.88 Å². The molecule has 2 fully saturated rings. The molecule has 0 aromatic carbocycles. The highest BCUT2D eigenvalue weighted by atomic mass is 32.1. The van der Waals surface area contributed by atoms with Gasteiger partial charge in [-0.1, -0.05) is 6.07 Å². The van der Waals surface area contributed by atoms with Gasteiger partial charge in [0.2, 0.25) is 0 Å². The van der Waals surface area contributed by atoms with E-state index in [9.17, 15) is 4.79 Å². The van der Waals surface area contributed by atoms with Gasteiger partial charge in [0.15, 0.2) is 0 Å². The highest BCUT2D eigenvalue weighted by Crippen LogP contribution is 2.14. The Morgan fingerprint density at radius 1 is 1.38 bits per heavy atom. The number of carbonyl (C=O) groups is 1. The van der Waals surface area contributed by atoms with Crippen LogP contribution in [0.2, 0.25) is 0 Å². The summed E-state index contributed by atoms with van der Waals surface area (Å²) in [6.07, 6.45) is 0.750. The molecule has 5 nitrogen and oxygen atoms in total. The molecule has 6 heteroatoms. The Kier molecular flexibility index (Phi) is 5.24. The maximum Gasteiger partial charge on any atom is 0.253 e. The standard InChI is InChI=1S/C15H23N3O2S/c19-15(14-11-16-4-9-20-14)18-6-2-5-17(7-8-18)12-13-3-1-10-21-13/h1,3,10,14,16H,2,4-9,11-12H2. The minimum Gasteiger partial charge on any atom is -0.366 e. The first-order chi connectivity index (χ1) is 10.3. The first kappa shape index (κ1) is 15.0. The Morgan fingerprint density at radius 3 is 3.10 bits per heavy atom. The molecular weight excluding hydrogens is 286 g/mol. The zero-order chi connectivity index (χ0) is 14.5. The van der Waals surface area contributed by atoms with E-state index in [2.05, 4.69) is 27.7 Å². The van der Waals surface area contributed by atoms with Gasteiger partial charge in [0.25, 0.3) is 5.91 Å². The van der Waals surface area contributed by atoms with E-state index in [4.69, 9.17) is 4.74 Å². The highest BCUT2D eigenvalue weighted by molar-refractivity contribution is 7.09. The maximum absolute atomic E-state index is 12.5. The molecule has 3 heterocycles. The summed E-state index contributed by atoms with van der Waals surface area (Å²) in [5.74, 6) is 0.153. The molecule has 1 unspecified atom stereocenters. The molecule has 3 rings (SSSR count). The summed E-state index contributed by atoms with van der Waals surface area (Å²) in [5, 5.41) is 5.35. The van der Waals surface area contributed by atoms with Gasteiger partial charge in [0.05, 0.1) is 6.61 Å². The van der Waals surface area contributed by atoms with Crippen LogP contribution in [0.1, 0.15) is 11.3 Å². The van der Waals surface area contributed by atoms with E-state index in [-0.39, 0.29) is 12.0 Å². The number of morpholine rings is 1. The molecule has 0 bridgehead atoms. The summed E-state index contributed by atoms with van der Waals surface area (Å²) in [6, 6.07) is 4.28. The molecule has 1 N–H and O–H groups in total. The van der Waals surface area contributed by atoms with Crippen molar-refractivity contribution in [2.24, 2.45) is 0 Å². The monoisotopic (exact) mass is 309 g/mol. The summed E-state index contributed by atoms with van der Waals surface area (Å²) in [4.78, 5) is 18.3. The molecule has 0 aliphatic carbocycles. The summed E-state index contributed by atoms with van der Waals surface area (Å²) in [7, 11) is 0. The molecule has 2 aliphatic rings. The second-order valence-corrected chi connectivity index (χ2v) is 6.63. The van der Waals surface area contributed by atoms with Crippen molar-refractivity contribution in [2.45, 2.75) is 19.1 Å². The van der Waals surface area contributed by atoms with E-state index in [0.29, 0.717) is 13.2 Å². The van der Waals surface area contributed by atoms with E-state index in [0.717, 1.165) is 45.7 Å². The molecule has 0 spiro atoms. The van der Waals surface area contributed by atoms with Crippen LogP contribution in [0.15, 0.2) is 17.5 Å². The Balaban J connectivity index is 1.51. The molecule has 2 aliphatic heterocycles. The van der Waals surface area contributed by atoms with Gasteiger partial charge >= 0.3 is 0 Å². The van der Waals surface area contributed by atoms with E-state index in [1.807, 2.05) is 4.90 Å². The fourth-order valence-electron chi connectivity index (χ4n) is 2.90. The molecule has 21 heavy (non-hydrogen) atoms. The minimum atomic E-state index is -0.289. The molecule has 1 aromatic heterocycles. The molecule has 116 valence electrons. The zero-order valence-corrected chi connectivity index (χ0v) is 13.1. The third-order valence-electron chi connectivity index (χ3n) is 4.06. The average Bonchev–Trinajstić information content (AvgIpc) is 2.92. The Bertz CT molecular complexity index is 446. The highest BCUT2D eigenvalue weighted by Gasteiger charge is 2.28. The van der Waals surface area contributed by atoms with Gasteiger partial charge in [-0.15, -0.1) is 11.3 Å². The van der Waals surface area contributed by atoms with Gasteiger partial charge in [-0.25, -0.2) is 0 Å². The second kappa shape index (κ2) is 7.35. The lowest BCUT2D eigenvalue weighted by molar-refractivity contribution is -0.145. The molecule has 1 aromatic rings. The number of hydrogen-bond acceptors (Lipinski definition) is 5. The van der Waals surface area contributed by atoms with Crippen molar-refractivity contribution in [3.05, 3.63) is 22.4 Å². The lowest BCUT2D eigenvalue weighted by Crippen LogP contribution is -2.50. The van der Waals surface area contributed by atoms with Crippen LogP contribution >= 0.6 is 11.3 Å². The van der Waals surface area contributed by atoms with Crippen LogP contribution in [-0.4, -0.2) is 67.7 Å². The quantitative estimate of drug-likeness (QED) is 0.896. The van der Waals surface area contributed by atoms with E-state index in [1.54, 1.807) is 11.3 Å². The van der Waals surface area contributed by atoms with Gasteiger partial charge < -0.3 is 15.0 Å². The van der Waals surface area contributed by atoms with Gasteiger partial charge in [-0.2, -0.15) is 0 Å². The van der Waals surface area contributed by atoms with Gasteiger partial charge in [-0.05, 0) is 17.9 Å². The Hall–Kier alpha value is -0.950. The fourth-order valence-corrected chi connectivity index (χ4v) is 3.65. The number of thiophene rings is 1. The van der Waals surface area contributed by atoms with Crippen molar-refractivity contribution in [2.75, 3.05) is 45.9 Å². The van der Waals surface area contributed by atoms with Crippen LogP contribution in [0, 0.1) is 0 Å². The number of ether oxygens (including phenoxy) is 1. The summed E-state index contributed by atoms with van der Waals surface area (Å²) in [6.45, 7) is 6.79. The van der Waals surface area contributed by atoms with Crippen molar-refractivity contribution >= 4 is 17.2 Å². The molecule has 1 atom stereocenters. The van der Waals surface area contributed by atoms with Gasteiger partial charge in [-0.3, -0.25) is 9.69 Å². The van der Waals surface area contributed by atoms with Gasteiger partial charge in [0, 0.05) is 50.7 Å². The fraction of sp³-hybridized carbons (Fsp3) is 0.667. The van der Waals surface area contributed by atoms with Crippen molar-refractivity contribution in [3.63, 3.8) is 0 Å². The predicted octanol–water partition coefficient (Wildman–Crippen LogP) is 0.771. The van der Waals surface area contributed by atoms with Crippen LogP contribution in [0.3, 0.4) is 0 Å². The summed E-state index contributed by atoms with van der Waals surface area (Å²) >= 11 is 1.80. The molecule has 0 radical (unpaired) electrons. The normalized spacial score (nSPS) is 24.8. The van der Waals surface area contributed by atoms with Crippen LogP contribution < -0.4 is 5.32 Å². The summed E-state index contributed by atoms with van der Waals surface area (Å²) < 4.78 is 5.58. The number of nitrogens with one attached hydrogen (secondary N) is 1. The second-order valence-electron chi connectivity index (χ2n) is 5.60. The van der Waals surface area contributed by atoms with Crippen molar-refractivity contribution in [3.8, 4) is 0 Å². The van der Waals surface area contributed by atoms with Crippen LogP contribution in [0.25, 0.3) is 0 Å². The predicted molar refractivity (Wildman–Crippen MR) is 83.4 cm³/mol. The van der Waals surface area contributed by atoms with Crippen molar-refractivity contribution < 1.29 is 9.53 Å². The number of rotatable bonds is 3. The summed E-state index contributed by atoms with van der Waals surface area (Å²) in [5.41, 5.74) is 0. The lowest BCUT2D eigenvalue weighted by Gasteiger charge is -2.29. The zero-order valence-electron chi connectivity index (χ0n) is 12.3. The van der Waals surface area contributed by atoms with E-state index >= 15 is 0 Å². The average molecular weight is 309 g/mol. The van der Waals surface area contributed by atoms with Crippen LogP contribution in [0.5, 0.6) is 0 Å². The van der Waals surface area contributed by atoms with Crippen molar-refractivity contribution in [1.29, 1.82) is 0 Å². The van der Waals surface area contributed by atoms with Crippen LogP contribution in [-0.2, 0) is 16.1 Å². The lowest BCUT2D eigenvalue weighted by atomic mass is 10.2. The molecule has 2 saturated heterocycles. The van der Waals surface area contributed by atoms with Crippen LogP contribution in [0.4, 0.5) is 0 Å². The number of nitrogens with zero attached hydrogens (tertiary/aromatic N) is 2. The van der Waals surface area contributed by atoms with E-state index < -0.39 is 0 Å². The smallest absolute Gasteiger partial charge is 0.253 e. The number of carbonyl (C=O) groups excluding carboxylic acids is 1.